The highest BCUT2D eigenvalue weighted by atomic mass is 32.1. The molecule has 2 aromatic heterocycles. The summed E-state index contributed by atoms with van der Waals surface area (Å²) in [5, 5.41) is 9.88. The van der Waals surface area contributed by atoms with Gasteiger partial charge in [0.2, 0.25) is 5.76 Å². The van der Waals surface area contributed by atoms with E-state index in [2.05, 4.69) is 20.5 Å². The van der Waals surface area contributed by atoms with E-state index in [0.29, 0.717) is 0 Å². The molecular weight excluding hydrogens is 298 g/mol. The Kier molecular flexibility index (Phi) is 4.67. The minimum absolute atomic E-state index is 0.0140. The Morgan fingerprint density at radius 2 is 2.14 bits per heavy atom. The lowest BCUT2D eigenvalue weighted by Gasteiger charge is -2.05. The van der Waals surface area contributed by atoms with Crippen LogP contribution in [0.15, 0.2) is 28.2 Å². The third-order valence-electron chi connectivity index (χ3n) is 2.29. The highest BCUT2D eigenvalue weighted by Crippen LogP contribution is 2.23. The molecule has 0 aliphatic rings. The molecule has 2 aromatic rings. The molecule has 0 saturated carbocycles. The van der Waals surface area contributed by atoms with Crippen LogP contribution < -0.4 is 10.6 Å². The number of rotatable bonds is 4. The van der Waals surface area contributed by atoms with Gasteiger partial charge >= 0.3 is 6.09 Å². The zero-order valence-electron chi connectivity index (χ0n) is 10.9. The molecule has 0 radical (unpaired) electrons. The number of imide groups is 1. The maximum Gasteiger partial charge on any atom is 0.414 e. The number of hydrogen-bond donors (Lipinski definition) is 2. The third-order valence-corrected chi connectivity index (χ3v) is 3.12. The first kappa shape index (κ1) is 14.7. The van der Waals surface area contributed by atoms with Crippen LogP contribution in [0.5, 0.6) is 0 Å². The van der Waals surface area contributed by atoms with Crippen molar-refractivity contribution in [3.05, 3.63) is 35.0 Å². The van der Waals surface area contributed by atoms with Crippen LogP contribution in [0, 0.1) is 0 Å². The fraction of sp³-hybridized carbons (Fsp3) is 0.167. The summed E-state index contributed by atoms with van der Waals surface area (Å²) in [6, 6.07) is 2.87. The van der Waals surface area contributed by atoms with Crippen molar-refractivity contribution in [2.75, 3.05) is 11.9 Å². The van der Waals surface area contributed by atoms with E-state index in [1.807, 2.05) is 0 Å². The molecule has 21 heavy (non-hydrogen) atoms. The number of nitrogens with one attached hydrogen (secondary N) is 2. The molecule has 9 heteroatoms. The molecule has 0 aromatic carbocycles. The van der Waals surface area contributed by atoms with Gasteiger partial charge in [0.25, 0.3) is 11.8 Å². The topological polar surface area (TPSA) is 111 Å². The lowest BCUT2D eigenvalue weighted by molar-refractivity contribution is 0.0926. The molecule has 0 fully saturated rings. The molecule has 110 valence electrons. The summed E-state index contributed by atoms with van der Waals surface area (Å²) in [5.41, 5.74) is 0.154. The molecule has 0 bridgehead atoms. The molecule has 2 N–H and O–H groups in total. The van der Waals surface area contributed by atoms with Gasteiger partial charge in [0.1, 0.15) is 5.00 Å². The molecule has 8 nitrogen and oxygen atoms in total. The van der Waals surface area contributed by atoms with Crippen LogP contribution in [-0.2, 0) is 4.74 Å². The summed E-state index contributed by atoms with van der Waals surface area (Å²) in [6.45, 7) is 1.77. The second-order valence-corrected chi connectivity index (χ2v) is 4.58. The number of ether oxygens (including phenoxy) is 1. The second-order valence-electron chi connectivity index (χ2n) is 3.67. The first-order valence-electron chi connectivity index (χ1n) is 5.89. The first-order chi connectivity index (χ1) is 10.1. The highest BCUT2D eigenvalue weighted by Gasteiger charge is 2.19. The van der Waals surface area contributed by atoms with Crippen LogP contribution in [0.1, 0.15) is 27.8 Å². The van der Waals surface area contributed by atoms with Crippen molar-refractivity contribution in [2.45, 2.75) is 6.92 Å². The summed E-state index contributed by atoms with van der Waals surface area (Å²) in [6.07, 6.45) is 0.485. The molecule has 0 aliphatic heterocycles. The van der Waals surface area contributed by atoms with Crippen LogP contribution in [0.3, 0.4) is 0 Å². The summed E-state index contributed by atoms with van der Waals surface area (Å²) in [4.78, 5) is 34.9. The Morgan fingerprint density at radius 1 is 1.33 bits per heavy atom. The van der Waals surface area contributed by atoms with Gasteiger partial charge in [0.15, 0.2) is 0 Å². The van der Waals surface area contributed by atoms with Gasteiger partial charge in [0, 0.05) is 6.07 Å². The van der Waals surface area contributed by atoms with E-state index in [0.717, 1.165) is 11.3 Å². The van der Waals surface area contributed by atoms with E-state index < -0.39 is 17.9 Å². The van der Waals surface area contributed by atoms with Gasteiger partial charge in [0.05, 0.1) is 18.4 Å². The zero-order chi connectivity index (χ0) is 15.2. The van der Waals surface area contributed by atoms with Gasteiger partial charge in [-0.2, -0.15) is 0 Å². The van der Waals surface area contributed by atoms with Crippen molar-refractivity contribution in [3.63, 3.8) is 0 Å². The van der Waals surface area contributed by atoms with Crippen LogP contribution in [-0.4, -0.2) is 29.7 Å². The van der Waals surface area contributed by atoms with Gasteiger partial charge in [-0.15, -0.1) is 11.3 Å². The van der Waals surface area contributed by atoms with Gasteiger partial charge in [-0.05, 0) is 18.4 Å². The maximum atomic E-state index is 11.9. The molecule has 0 spiro atoms. The van der Waals surface area contributed by atoms with Crippen LogP contribution in [0.4, 0.5) is 9.80 Å². The Hall–Kier alpha value is -2.68. The number of aromatic nitrogens is 1. The number of alkyl carbamates (subject to hydrolysis) is 1. The summed E-state index contributed by atoms with van der Waals surface area (Å²) in [5.74, 6) is -1.19. The largest absolute Gasteiger partial charge is 0.450 e. The van der Waals surface area contributed by atoms with Crippen molar-refractivity contribution in [2.24, 2.45) is 0 Å². The average molecular weight is 309 g/mol. The van der Waals surface area contributed by atoms with E-state index in [9.17, 15) is 14.4 Å². The SMILES string of the molecule is CCOC(=O)NC(=O)c1ccsc1NC(=O)c1ccno1. The Balaban J connectivity index is 2.06. The highest BCUT2D eigenvalue weighted by molar-refractivity contribution is 7.14. The number of nitrogens with zero attached hydrogens (tertiary/aromatic N) is 1. The second kappa shape index (κ2) is 6.66. The Labute approximate surface area is 123 Å². The van der Waals surface area contributed by atoms with Crippen molar-refractivity contribution >= 4 is 34.2 Å². The van der Waals surface area contributed by atoms with E-state index in [1.165, 1.54) is 18.3 Å². The normalized spacial score (nSPS) is 9.95. The fourth-order valence-electron chi connectivity index (χ4n) is 1.41. The molecule has 0 unspecified atom stereocenters. The molecule has 2 rings (SSSR count). The monoisotopic (exact) mass is 309 g/mol. The van der Waals surface area contributed by atoms with E-state index in [4.69, 9.17) is 4.52 Å². The average Bonchev–Trinajstić information content (AvgIpc) is 3.09. The predicted molar refractivity (Wildman–Crippen MR) is 73.3 cm³/mol. The number of amides is 3. The predicted octanol–water partition coefficient (Wildman–Crippen LogP) is 1.87. The van der Waals surface area contributed by atoms with E-state index in [-0.39, 0.29) is 22.9 Å². The standard InChI is InChI=1S/C12H11N3O5S/c1-2-19-12(18)15-9(16)7-4-6-21-11(7)14-10(17)8-3-5-13-20-8/h3-6H,2H2,1H3,(H,14,17)(H,15,16,18). The van der Waals surface area contributed by atoms with Crippen LogP contribution in [0.2, 0.25) is 0 Å². The van der Waals surface area contributed by atoms with Gasteiger partial charge in [-0.25, -0.2) is 4.79 Å². The summed E-state index contributed by atoms with van der Waals surface area (Å²) >= 11 is 1.14. The molecule has 0 aliphatic carbocycles. The first-order valence-corrected chi connectivity index (χ1v) is 6.77. The molecular formula is C12H11N3O5S. The van der Waals surface area contributed by atoms with Gasteiger partial charge in [-0.1, -0.05) is 5.16 Å². The van der Waals surface area contributed by atoms with Crippen LogP contribution in [0.25, 0.3) is 0 Å². The smallest absolute Gasteiger partial charge is 0.414 e. The minimum Gasteiger partial charge on any atom is -0.450 e. The van der Waals surface area contributed by atoms with E-state index in [1.54, 1.807) is 12.3 Å². The minimum atomic E-state index is -0.846. The molecule has 3 amide bonds. The third kappa shape index (κ3) is 3.66. The van der Waals surface area contributed by atoms with Crippen LogP contribution >= 0.6 is 11.3 Å². The lowest BCUT2D eigenvalue weighted by Crippen LogP contribution is -2.31. The summed E-state index contributed by atoms with van der Waals surface area (Å²) in [7, 11) is 0. The molecule has 0 saturated heterocycles. The zero-order valence-corrected chi connectivity index (χ0v) is 11.7. The van der Waals surface area contributed by atoms with Gasteiger partial charge in [-0.3, -0.25) is 14.9 Å². The van der Waals surface area contributed by atoms with Crippen molar-refractivity contribution in [1.82, 2.24) is 10.5 Å². The lowest BCUT2D eigenvalue weighted by atomic mass is 10.3. The number of anilines is 1. The van der Waals surface area contributed by atoms with Gasteiger partial charge < -0.3 is 14.6 Å². The quantitative estimate of drug-likeness (QED) is 0.892. The number of carbonyl (C=O) groups is 3. The Bertz CT molecular complexity index is 650. The van der Waals surface area contributed by atoms with E-state index >= 15 is 0 Å². The maximum absolute atomic E-state index is 11.9. The van der Waals surface area contributed by atoms with Crippen molar-refractivity contribution in [3.8, 4) is 0 Å². The number of thiophene rings is 1. The summed E-state index contributed by atoms with van der Waals surface area (Å²) < 4.78 is 9.32. The molecule has 0 atom stereocenters. The van der Waals surface area contributed by atoms with Crippen molar-refractivity contribution in [1.29, 1.82) is 0 Å². The Morgan fingerprint density at radius 3 is 2.81 bits per heavy atom. The number of carbonyl (C=O) groups excluding carboxylic acids is 3. The van der Waals surface area contributed by atoms with Crippen molar-refractivity contribution < 1.29 is 23.6 Å². The fourth-order valence-corrected chi connectivity index (χ4v) is 2.19. The number of hydrogen-bond acceptors (Lipinski definition) is 7. The molecule has 2 heterocycles.